The average molecular weight is 980 g/mol. The van der Waals surface area contributed by atoms with Gasteiger partial charge in [-0.05, 0) is 132 Å². The summed E-state index contributed by atoms with van der Waals surface area (Å²) in [7, 11) is 0. The second-order valence-electron chi connectivity index (χ2n) is 24.2. The fourth-order valence-electron chi connectivity index (χ4n) is 15.7. The van der Waals surface area contributed by atoms with Gasteiger partial charge in [0.05, 0.1) is 11.1 Å². The molecule has 17 rings (SSSR count). The third kappa shape index (κ3) is 4.94. The van der Waals surface area contributed by atoms with Gasteiger partial charge >= 0.3 is 0 Å². The molecule has 4 aliphatic rings. The molecule has 0 atom stereocenters. The number of fused-ring (bicyclic) bond motifs is 27. The van der Waals surface area contributed by atoms with Crippen LogP contribution in [0.5, 0.6) is 0 Å². The molecule has 0 bridgehead atoms. The van der Waals surface area contributed by atoms with Crippen molar-refractivity contribution in [1.82, 2.24) is 0 Å². The molecule has 4 nitrogen and oxygen atoms in total. The molecule has 3 aromatic heterocycles. The van der Waals surface area contributed by atoms with Crippen LogP contribution in [0.3, 0.4) is 0 Å². The number of anilines is 3. The zero-order chi connectivity index (χ0) is 51.1. The Balaban J connectivity index is 0.929. The molecule has 3 heterocycles. The van der Waals surface area contributed by atoms with Gasteiger partial charge in [0, 0.05) is 71.1 Å². The van der Waals surface area contributed by atoms with Crippen LogP contribution in [0.1, 0.15) is 99.9 Å². The van der Waals surface area contributed by atoms with E-state index in [0.29, 0.717) is 0 Å². The molecule has 0 saturated heterocycles. The van der Waals surface area contributed by atoms with Gasteiger partial charge in [-0.3, -0.25) is 0 Å². The van der Waals surface area contributed by atoms with Crippen LogP contribution in [-0.2, 0) is 21.7 Å². The van der Waals surface area contributed by atoms with Gasteiger partial charge < -0.3 is 18.2 Å². The summed E-state index contributed by atoms with van der Waals surface area (Å²) in [5.41, 5.74) is 28.5. The Kier molecular flexibility index (Phi) is 7.76. The zero-order valence-corrected chi connectivity index (χ0v) is 43.9. The Bertz CT molecular complexity index is 4580. The predicted octanol–water partition coefficient (Wildman–Crippen LogP) is 20.1. The molecule has 0 radical (unpaired) electrons. The standard InChI is InChI=1S/C72H53NO3/c1-69(2)47-25-14-9-20-40(47)57-59-45-23-12-17-29-53(45)75-67(59)61-42-34-32-38(36-49(42)71(5,6)65(61)63(57)69)73(51-27-19-31-55-56(51)44-22-11-16-28-52(44)74-55)39-33-35-43-50(37-39)72(7,8)66-62(43)68-60(46-24-13-18-30-54(46)76-68)58-41-21-10-15-26-48(41)70(3,4)64(58)66/h9-37H,1-8H3. The SMILES string of the molecule is CC1(C)c2cc(N(c3ccc4c(c3)C(C)(C)c3c5c(c6c(oc7ccccc76)c3-4)-c3ccccc3C5(C)C)c3cccc4oc5ccccc5c34)ccc2-c2c1c1c(c3c2oc2ccccc23)-c2ccccc2C1(C)C. The molecule has 0 amide bonds. The summed E-state index contributed by atoms with van der Waals surface area (Å²) in [5, 5.41) is 6.95. The fourth-order valence-corrected chi connectivity index (χ4v) is 15.7. The van der Waals surface area contributed by atoms with Crippen molar-refractivity contribution in [2.24, 2.45) is 0 Å². The Morgan fingerprint density at radius 2 is 0.671 bits per heavy atom. The van der Waals surface area contributed by atoms with Crippen LogP contribution in [0.4, 0.5) is 17.1 Å². The van der Waals surface area contributed by atoms with Crippen molar-refractivity contribution in [3.05, 3.63) is 220 Å². The number of rotatable bonds is 3. The van der Waals surface area contributed by atoms with Gasteiger partial charge in [-0.2, -0.15) is 0 Å². The summed E-state index contributed by atoms with van der Waals surface area (Å²) in [6, 6.07) is 64.8. The number of furan rings is 3. The van der Waals surface area contributed by atoms with Crippen molar-refractivity contribution in [2.75, 3.05) is 4.90 Å². The lowest BCUT2D eigenvalue weighted by atomic mass is 9.72. The first-order valence-electron chi connectivity index (χ1n) is 27.0. The largest absolute Gasteiger partial charge is 0.456 e. The van der Waals surface area contributed by atoms with Crippen LogP contribution in [0.25, 0.3) is 110 Å². The summed E-state index contributed by atoms with van der Waals surface area (Å²) in [6.45, 7) is 19.5. The number of hydrogen-bond donors (Lipinski definition) is 0. The summed E-state index contributed by atoms with van der Waals surface area (Å²) in [4.78, 5) is 2.50. The van der Waals surface area contributed by atoms with E-state index in [4.69, 9.17) is 13.3 Å². The van der Waals surface area contributed by atoms with E-state index in [1.54, 1.807) is 0 Å². The Hall–Kier alpha value is -8.60. The van der Waals surface area contributed by atoms with Gasteiger partial charge in [0.1, 0.15) is 33.5 Å². The number of hydrogen-bond acceptors (Lipinski definition) is 4. The minimum atomic E-state index is -0.387. The summed E-state index contributed by atoms with van der Waals surface area (Å²) in [6.07, 6.45) is 0. The Morgan fingerprint density at radius 3 is 1.16 bits per heavy atom. The van der Waals surface area contributed by atoms with Crippen LogP contribution in [0.15, 0.2) is 189 Å². The molecule has 0 unspecified atom stereocenters. The Morgan fingerprint density at radius 1 is 0.303 bits per heavy atom. The van der Waals surface area contributed by atoms with Crippen LogP contribution in [0, 0.1) is 0 Å². The lowest BCUT2D eigenvalue weighted by Gasteiger charge is -2.32. The van der Waals surface area contributed by atoms with Gasteiger partial charge in [0.2, 0.25) is 0 Å². The van der Waals surface area contributed by atoms with Gasteiger partial charge in [-0.1, -0.05) is 177 Å². The maximum Gasteiger partial charge on any atom is 0.144 e. The highest BCUT2D eigenvalue weighted by Crippen LogP contribution is 2.66. The maximum absolute atomic E-state index is 7.11. The van der Waals surface area contributed by atoms with Crippen LogP contribution in [0.2, 0.25) is 0 Å². The smallest absolute Gasteiger partial charge is 0.144 e. The lowest BCUT2D eigenvalue weighted by molar-refractivity contribution is 0.600. The van der Waals surface area contributed by atoms with Gasteiger partial charge in [-0.25, -0.2) is 0 Å². The molecule has 0 saturated carbocycles. The number of benzene rings is 10. The topological polar surface area (TPSA) is 42.7 Å². The molecule has 4 heteroatoms. The highest BCUT2D eigenvalue weighted by molar-refractivity contribution is 6.23. The predicted molar refractivity (Wildman–Crippen MR) is 313 cm³/mol. The second-order valence-corrected chi connectivity index (χ2v) is 24.2. The van der Waals surface area contributed by atoms with E-state index in [1.165, 1.54) is 111 Å². The maximum atomic E-state index is 7.11. The van der Waals surface area contributed by atoms with Crippen LogP contribution >= 0.6 is 0 Å². The van der Waals surface area contributed by atoms with Crippen molar-refractivity contribution in [3.63, 3.8) is 0 Å². The van der Waals surface area contributed by atoms with Gasteiger partial charge in [-0.15, -0.1) is 0 Å². The number of para-hydroxylation sites is 3. The molecule has 0 spiro atoms. The first-order chi connectivity index (χ1) is 36.8. The van der Waals surface area contributed by atoms with E-state index in [0.717, 1.165) is 61.3 Å². The first-order valence-corrected chi connectivity index (χ1v) is 27.0. The summed E-state index contributed by atoms with van der Waals surface area (Å²) < 4.78 is 20.9. The molecule has 10 aromatic carbocycles. The highest BCUT2D eigenvalue weighted by Gasteiger charge is 2.51. The minimum Gasteiger partial charge on any atom is -0.456 e. The average Bonchev–Trinajstić information content (AvgIpc) is 4.09. The van der Waals surface area contributed by atoms with Crippen molar-refractivity contribution in [3.8, 4) is 44.5 Å². The Labute approximate surface area is 440 Å². The highest BCUT2D eigenvalue weighted by atomic mass is 16.3. The third-order valence-corrected chi connectivity index (χ3v) is 18.9. The summed E-state index contributed by atoms with van der Waals surface area (Å²) >= 11 is 0. The van der Waals surface area contributed by atoms with Crippen LogP contribution in [-0.4, -0.2) is 0 Å². The first kappa shape index (κ1) is 42.7. The third-order valence-electron chi connectivity index (χ3n) is 18.9. The lowest BCUT2D eigenvalue weighted by Crippen LogP contribution is -2.24. The molecule has 13 aromatic rings. The van der Waals surface area contributed by atoms with Crippen LogP contribution < -0.4 is 4.90 Å². The fraction of sp³-hybridized carbons (Fsp3) is 0.167. The van der Waals surface area contributed by atoms with Crippen molar-refractivity contribution < 1.29 is 13.3 Å². The van der Waals surface area contributed by atoms with Crippen molar-refractivity contribution in [1.29, 1.82) is 0 Å². The molecular formula is C72H53NO3. The molecule has 364 valence electrons. The molecule has 0 fully saturated rings. The molecule has 0 N–H and O–H groups in total. The second kappa shape index (κ2) is 13.8. The van der Waals surface area contributed by atoms with E-state index in [9.17, 15) is 0 Å². The minimum absolute atomic E-state index is 0.240. The van der Waals surface area contributed by atoms with E-state index in [2.05, 4.69) is 236 Å². The number of nitrogens with zero attached hydrogens (tertiary/aromatic N) is 1. The summed E-state index contributed by atoms with van der Waals surface area (Å²) in [5.74, 6) is 0. The molecular weight excluding hydrogens is 927 g/mol. The van der Waals surface area contributed by atoms with E-state index in [-0.39, 0.29) is 21.7 Å². The quantitative estimate of drug-likeness (QED) is 0.177. The normalized spacial score (nSPS) is 16.3. The van der Waals surface area contributed by atoms with E-state index in [1.807, 2.05) is 0 Å². The zero-order valence-electron chi connectivity index (χ0n) is 43.9. The van der Waals surface area contributed by atoms with E-state index < -0.39 is 0 Å². The molecule has 4 aliphatic carbocycles. The molecule has 76 heavy (non-hydrogen) atoms. The van der Waals surface area contributed by atoms with Gasteiger partial charge in [0.15, 0.2) is 0 Å². The van der Waals surface area contributed by atoms with E-state index >= 15 is 0 Å². The van der Waals surface area contributed by atoms with Gasteiger partial charge in [0.25, 0.3) is 0 Å². The van der Waals surface area contributed by atoms with Crippen molar-refractivity contribution >= 4 is 82.9 Å². The van der Waals surface area contributed by atoms with Crippen molar-refractivity contribution in [2.45, 2.75) is 77.0 Å². The monoisotopic (exact) mass is 979 g/mol. The molecule has 0 aliphatic heterocycles.